The standard InChI is InChI=1S/C15H12BrNO/c16-12-7-8-13(14(17)10-12)15(18)9-6-11-4-2-1-3-5-11/h1-10H,17H2/b9-6-. The first-order valence-electron chi connectivity index (χ1n) is 5.49. The summed E-state index contributed by atoms with van der Waals surface area (Å²) in [6.45, 7) is 0. The molecular weight excluding hydrogens is 290 g/mol. The van der Waals surface area contributed by atoms with Crippen LogP contribution in [-0.4, -0.2) is 5.78 Å². The van der Waals surface area contributed by atoms with Crippen molar-refractivity contribution >= 4 is 33.5 Å². The fraction of sp³-hybridized carbons (Fsp3) is 0. The van der Waals surface area contributed by atoms with E-state index >= 15 is 0 Å². The molecule has 0 aromatic heterocycles. The molecule has 0 aliphatic rings. The van der Waals surface area contributed by atoms with Crippen molar-refractivity contribution in [2.75, 3.05) is 5.73 Å². The number of allylic oxidation sites excluding steroid dienone is 1. The lowest BCUT2D eigenvalue weighted by molar-refractivity contribution is 0.104. The van der Waals surface area contributed by atoms with Crippen LogP contribution in [0.1, 0.15) is 15.9 Å². The number of rotatable bonds is 3. The lowest BCUT2D eigenvalue weighted by Gasteiger charge is -2.02. The second-order valence-corrected chi connectivity index (χ2v) is 4.76. The highest BCUT2D eigenvalue weighted by molar-refractivity contribution is 9.10. The minimum Gasteiger partial charge on any atom is -0.398 e. The molecule has 3 heteroatoms. The minimum absolute atomic E-state index is 0.0937. The normalized spacial score (nSPS) is 10.7. The van der Waals surface area contributed by atoms with Gasteiger partial charge in [0.05, 0.1) is 0 Å². The summed E-state index contributed by atoms with van der Waals surface area (Å²) in [5.74, 6) is -0.0937. The Balaban J connectivity index is 2.20. The molecule has 0 unspecified atom stereocenters. The maximum atomic E-state index is 12.0. The van der Waals surface area contributed by atoms with Crippen LogP contribution in [0.3, 0.4) is 0 Å². The smallest absolute Gasteiger partial charge is 0.187 e. The Bertz CT molecular complexity index is 591. The van der Waals surface area contributed by atoms with E-state index in [1.54, 1.807) is 24.3 Å². The molecule has 0 aliphatic heterocycles. The van der Waals surface area contributed by atoms with Crippen LogP contribution in [0.25, 0.3) is 6.08 Å². The van der Waals surface area contributed by atoms with Crippen molar-refractivity contribution in [2.45, 2.75) is 0 Å². The lowest BCUT2D eigenvalue weighted by Crippen LogP contribution is -2.00. The van der Waals surface area contributed by atoms with Crippen LogP contribution in [0.2, 0.25) is 0 Å². The second-order valence-electron chi connectivity index (χ2n) is 3.84. The van der Waals surface area contributed by atoms with Crippen LogP contribution in [0, 0.1) is 0 Å². The van der Waals surface area contributed by atoms with Gasteiger partial charge in [-0.05, 0) is 29.8 Å². The van der Waals surface area contributed by atoms with E-state index in [4.69, 9.17) is 5.73 Å². The monoisotopic (exact) mass is 301 g/mol. The van der Waals surface area contributed by atoms with Gasteiger partial charge in [-0.15, -0.1) is 0 Å². The molecule has 2 nitrogen and oxygen atoms in total. The van der Waals surface area contributed by atoms with Crippen molar-refractivity contribution in [1.29, 1.82) is 0 Å². The molecule has 0 atom stereocenters. The van der Waals surface area contributed by atoms with Crippen molar-refractivity contribution in [3.63, 3.8) is 0 Å². The largest absolute Gasteiger partial charge is 0.398 e. The fourth-order valence-electron chi connectivity index (χ4n) is 1.58. The number of anilines is 1. The zero-order valence-corrected chi connectivity index (χ0v) is 11.2. The predicted molar refractivity (Wildman–Crippen MR) is 78.4 cm³/mol. The van der Waals surface area contributed by atoms with Gasteiger partial charge in [0.2, 0.25) is 0 Å². The van der Waals surface area contributed by atoms with Gasteiger partial charge in [-0.2, -0.15) is 0 Å². The molecule has 2 aromatic rings. The van der Waals surface area contributed by atoms with E-state index in [0.29, 0.717) is 11.3 Å². The lowest BCUT2D eigenvalue weighted by atomic mass is 10.1. The molecule has 2 N–H and O–H groups in total. The fourth-order valence-corrected chi connectivity index (χ4v) is 1.96. The Kier molecular flexibility index (Phi) is 3.95. The van der Waals surface area contributed by atoms with Crippen molar-refractivity contribution < 1.29 is 4.79 Å². The zero-order valence-electron chi connectivity index (χ0n) is 9.64. The topological polar surface area (TPSA) is 43.1 Å². The van der Waals surface area contributed by atoms with Crippen LogP contribution in [0.4, 0.5) is 5.69 Å². The highest BCUT2D eigenvalue weighted by atomic mass is 79.9. The highest BCUT2D eigenvalue weighted by Gasteiger charge is 2.06. The predicted octanol–water partition coefficient (Wildman–Crippen LogP) is 3.93. The highest BCUT2D eigenvalue weighted by Crippen LogP contribution is 2.19. The molecule has 0 amide bonds. The third kappa shape index (κ3) is 3.08. The van der Waals surface area contributed by atoms with Gasteiger partial charge in [0, 0.05) is 15.7 Å². The number of nitrogen functional groups attached to an aromatic ring is 1. The van der Waals surface area contributed by atoms with Gasteiger partial charge in [-0.1, -0.05) is 52.3 Å². The molecule has 0 radical (unpaired) electrons. The Labute approximate surface area is 114 Å². The van der Waals surface area contributed by atoms with Gasteiger partial charge >= 0.3 is 0 Å². The summed E-state index contributed by atoms with van der Waals surface area (Å²) in [4.78, 5) is 12.0. The maximum Gasteiger partial charge on any atom is 0.187 e. The number of benzene rings is 2. The van der Waals surface area contributed by atoms with Gasteiger partial charge in [-0.25, -0.2) is 0 Å². The van der Waals surface area contributed by atoms with Crippen LogP contribution in [-0.2, 0) is 0 Å². The van der Waals surface area contributed by atoms with E-state index in [1.807, 2.05) is 30.3 Å². The summed E-state index contributed by atoms with van der Waals surface area (Å²) in [7, 11) is 0. The molecule has 2 aromatic carbocycles. The Morgan fingerprint density at radius 2 is 1.83 bits per heavy atom. The van der Waals surface area contributed by atoms with E-state index in [1.165, 1.54) is 6.08 Å². The van der Waals surface area contributed by atoms with Crippen molar-refractivity contribution in [2.24, 2.45) is 0 Å². The van der Waals surface area contributed by atoms with Crippen LogP contribution in [0.5, 0.6) is 0 Å². The molecule has 0 fully saturated rings. The molecule has 0 saturated carbocycles. The van der Waals surface area contributed by atoms with Gasteiger partial charge in [0.25, 0.3) is 0 Å². The number of nitrogens with two attached hydrogens (primary N) is 1. The minimum atomic E-state index is -0.0937. The number of carbonyl (C=O) groups is 1. The Hall–Kier alpha value is -1.87. The molecule has 18 heavy (non-hydrogen) atoms. The summed E-state index contributed by atoms with van der Waals surface area (Å²) in [6.07, 6.45) is 3.32. The molecule has 0 bridgehead atoms. The average molecular weight is 302 g/mol. The number of hydrogen-bond donors (Lipinski definition) is 1. The van der Waals surface area contributed by atoms with Gasteiger partial charge < -0.3 is 5.73 Å². The Morgan fingerprint density at radius 3 is 2.50 bits per heavy atom. The van der Waals surface area contributed by atoms with Crippen LogP contribution >= 0.6 is 15.9 Å². The summed E-state index contributed by atoms with van der Waals surface area (Å²) >= 11 is 3.31. The number of hydrogen-bond acceptors (Lipinski definition) is 2. The average Bonchev–Trinajstić information content (AvgIpc) is 2.37. The molecule has 0 saturated heterocycles. The summed E-state index contributed by atoms with van der Waals surface area (Å²) < 4.78 is 0.864. The molecule has 0 spiro atoms. The SMILES string of the molecule is Nc1cc(Br)ccc1C(=O)/C=C\c1ccccc1. The number of carbonyl (C=O) groups excluding carboxylic acids is 1. The maximum absolute atomic E-state index is 12.0. The van der Waals surface area contributed by atoms with Gasteiger partial charge in [0.15, 0.2) is 5.78 Å². The van der Waals surface area contributed by atoms with Gasteiger partial charge in [-0.3, -0.25) is 4.79 Å². The first-order valence-corrected chi connectivity index (χ1v) is 6.28. The van der Waals surface area contributed by atoms with Crippen molar-refractivity contribution in [1.82, 2.24) is 0 Å². The first-order chi connectivity index (χ1) is 8.66. The third-order valence-corrected chi connectivity index (χ3v) is 3.00. The number of ketones is 1. The zero-order chi connectivity index (χ0) is 13.0. The van der Waals surface area contributed by atoms with Crippen molar-refractivity contribution in [3.05, 3.63) is 70.2 Å². The van der Waals surface area contributed by atoms with E-state index in [2.05, 4.69) is 15.9 Å². The molecule has 0 aliphatic carbocycles. The van der Waals surface area contributed by atoms with E-state index in [9.17, 15) is 4.79 Å². The summed E-state index contributed by atoms with van der Waals surface area (Å²) in [5, 5.41) is 0. The number of halogens is 1. The van der Waals surface area contributed by atoms with E-state index < -0.39 is 0 Å². The third-order valence-electron chi connectivity index (χ3n) is 2.51. The second kappa shape index (κ2) is 5.65. The first kappa shape index (κ1) is 12.6. The molecule has 90 valence electrons. The summed E-state index contributed by atoms with van der Waals surface area (Å²) in [6, 6.07) is 14.9. The molecule has 0 heterocycles. The van der Waals surface area contributed by atoms with Crippen molar-refractivity contribution in [3.8, 4) is 0 Å². The quantitative estimate of drug-likeness (QED) is 0.530. The van der Waals surface area contributed by atoms with E-state index in [0.717, 1.165) is 10.0 Å². The molecular formula is C15H12BrNO. The van der Waals surface area contributed by atoms with E-state index in [-0.39, 0.29) is 5.78 Å². The Morgan fingerprint density at radius 1 is 1.11 bits per heavy atom. The summed E-state index contributed by atoms with van der Waals surface area (Å²) in [5.41, 5.74) is 7.79. The van der Waals surface area contributed by atoms with Gasteiger partial charge in [0.1, 0.15) is 0 Å². The van der Waals surface area contributed by atoms with Crippen LogP contribution < -0.4 is 5.73 Å². The molecule has 2 rings (SSSR count). The van der Waals surface area contributed by atoms with Crippen LogP contribution in [0.15, 0.2) is 59.1 Å².